The zero-order valence-electron chi connectivity index (χ0n) is 10.8. The molecule has 0 saturated carbocycles. The van der Waals surface area contributed by atoms with Crippen LogP contribution in [0.25, 0.3) is 0 Å². The molecule has 1 atom stereocenters. The topological polar surface area (TPSA) is 29.5 Å². The molecule has 2 aromatic rings. The van der Waals surface area contributed by atoms with E-state index < -0.39 is 0 Å². The Bertz CT molecular complexity index is 523. The maximum atomic E-state index is 9.18. The van der Waals surface area contributed by atoms with E-state index in [-0.39, 0.29) is 12.7 Å². The van der Waals surface area contributed by atoms with Crippen molar-refractivity contribution in [3.8, 4) is 5.75 Å². The van der Waals surface area contributed by atoms with Gasteiger partial charge in [-0.2, -0.15) is 0 Å². The van der Waals surface area contributed by atoms with E-state index in [2.05, 4.69) is 0 Å². The van der Waals surface area contributed by atoms with Crippen LogP contribution in [-0.4, -0.2) is 11.7 Å². The molecule has 0 aliphatic heterocycles. The minimum Gasteiger partial charge on any atom is -0.486 e. The van der Waals surface area contributed by atoms with Crippen molar-refractivity contribution in [1.29, 1.82) is 0 Å². The van der Waals surface area contributed by atoms with Gasteiger partial charge in [0, 0.05) is 18.1 Å². The number of aliphatic hydroxyl groups is 1. The van der Waals surface area contributed by atoms with Gasteiger partial charge in [0.15, 0.2) is 0 Å². The molecular formula is C16H17ClO2. The Morgan fingerprint density at radius 2 is 1.89 bits per heavy atom. The predicted octanol–water partition coefficient (Wildman–Crippen LogP) is 4.15. The van der Waals surface area contributed by atoms with Gasteiger partial charge in [0.25, 0.3) is 0 Å². The van der Waals surface area contributed by atoms with Gasteiger partial charge in [-0.3, -0.25) is 0 Å². The number of aliphatic hydroxyl groups excluding tert-OH is 1. The molecule has 100 valence electrons. The van der Waals surface area contributed by atoms with E-state index in [1.165, 1.54) is 5.56 Å². The van der Waals surface area contributed by atoms with Gasteiger partial charge in [-0.05, 0) is 30.7 Å². The van der Waals surface area contributed by atoms with E-state index in [4.69, 9.17) is 16.3 Å². The molecule has 1 N–H and O–H groups in total. The molecule has 0 spiro atoms. The lowest BCUT2D eigenvalue weighted by Crippen LogP contribution is -2.09. The number of hydrogen-bond acceptors (Lipinski definition) is 2. The quantitative estimate of drug-likeness (QED) is 0.889. The lowest BCUT2D eigenvalue weighted by Gasteiger charge is -2.19. The summed E-state index contributed by atoms with van der Waals surface area (Å²) in [5.41, 5.74) is 2.26. The second kappa shape index (κ2) is 6.60. The SMILES string of the molecule is Cc1ccc(C(CCO)Oc2cccc(Cl)c2)cc1. The van der Waals surface area contributed by atoms with Gasteiger partial charge in [-0.15, -0.1) is 0 Å². The highest BCUT2D eigenvalue weighted by molar-refractivity contribution is 6.30. The number of ether oxygens (including phenoxy) is 1. The summed E-state index contributed by atoms with van der Waals surface area (Å²) in [6.45, 7) is 2.13. The lowest BCUT2D eigenvalue weighted by atomic mass is 10.1. The third kappa shape index (κ3) is 3.98. The molecular weight excluding hydrogens is 260 g/mol. The number of benzene rings is 2. The van der Waals surface area contributed by atoms with Gasteiger partial charge in [-0.25, -0.2) is 0 Å². The Kier molecular flexibility index (Phi) is 4.83. The lowest BCUT2D eigenvalue weighted by molar-refractivity contribution is 0.156. The van der Waals surface area contributed by atoms with Crippen molar-refractivity contribution in [1.82, 2.24) is 0 Å². The third-order valence-corrected chi connectivity index (χ3v) is 3.15. The van der Waals surface area contributed by atoms with E-state index in [0.717, 1.165) is 5.56 Å². The van der Waals surface area contributed by atoms with Gasteiger partial charge in [0.2, 0.25) is 0 Å². The number of aryl methyl sites for hydroxylation is 1. The fourth-order valence-corrected chi connectivity index (χ4v) is 2.08. The summed E-state index contributed by atoms with van der Waals surface area (Å²) < 4.78 is 5.92. The molecule has 0 aliphatic rings. The third-order valence-electron chi connectivity index (χ3n) is 2.91. The zero-order valence-corrected chi connectivity index (χ0v) is 11.6. The summed E-state index contributed by atoms with van der Waals surface area (Å²) in [7, 11) is 0. The summed E-state index contributed by atoms with van der Waals surface area (Å²) in [5, 5.41) is 9.82. The molecule has 0 radical (unpaired) electrons. The molecule has 19 heavy (non-hydrogen) atoms. The van der Waals surface area contributed by atoms with Crippen LogP contribution in [0.1, 0.15) is 23.7 Å². The molecule has 0 bridgehead atoms. The summed E-state index contributed by atoms with van der Waals surface area (Å²) in [4.78, 5) is 0. The Morgan fingerprint density at radius 3 is 2.53 bits per heavy atom. The fraction of sp³-hybridized carbons (Fsp3) is 0.250. The van der Waals surface area contributed by atoms with Gasteiger partial charge in [0.05, 0.1) is 0 Å². The molecule has 2 nitrogen and oxygen atoms in total. The highest BCUT2D eigenvalue weighted by Gasteiger charge is 2.13. The second-order valence-corrected chi connectivity index (χ2v) is 4.92. The van der Waals surface area contributed by atoms with E-state index in [1.54, 1.807) is 12.1 Å². The van der Waals surface area contributed by atoms with E-state index >= 15 is 0 Å². The zero-order chi connectivity index (χ0) is 13.7. The van der Waals surface area contributed by atoms with Crippen LogP contribution >= 0.6 is 11.6 Å². The van der Waals surface area contributed by atoms with Crippen LogP contribution in [-0.2, 0) is 0 Å². The highest BCUT2D eigenvalue weighted by Crippen LogP contribution is 2.26. The number of hydrogen-bond donors (Lipinski definition) is 1. The minimum atomic E-state index is -0.163. The normalized spacial score (nSPS) is 12.2. The number of rotatable bonds is 5. The Labute approximate surface area is 118 Å². The highest BCUT2D eigenvalue weighted by atomic mass is 35.5. The first kappa shape index (κ1) is 13.9. The monoisotopic (exact) mass is 276 g/mol. The minimum absolute atomic E-state index is 0.0824. The van der Waals surface area contributed by atoms with Gasteiger partial charge in [0.1, 0.15) is 11.9 Å². The van der Waals surface area contributed by atoms with Gasteiger partial charge in [-0.1, -0.05) is 47.5 Å². The first-order chi connectivity index (χ1) is 9.19. The van der Waals surface area contributed by atoms with Crippen molar-refractivity contribution < 1.29 is 9.84 Å². The summed E-state index contributed by atoms with van der Waals surface area (Å²) >= 11 is 5.94. The van der Waals surface area contributed by atoms with Crippen molar-refractivity contribution in [3.63, 3.8) is 0 Å². The number of halogens is 1. The van der Waals surface area contributed by atoms with Gasteiger partial charge < -0.3 is 9.84 Å². The molecule has 0 saturated heterocycles. The van der Waals surface area contributed by atoms with Crippen LogP contribution in [0.3, 0.4) is 0 Å². The van der Waals surface area contributed by atoms with Crippen molar-refractivity contribution in [2.75, 3.05) is 6.61 Å². The maximum absolute atomic E-state index is 9.18. The molecule has 1 unspecified atom stereocenters. The molecule has 0 aliphatic carbocycles. The average Bonchev–Trinajstić information content (AvgIpc) is 2.39. The van der Waals surface area contributed by atoms with E-state index in [0.29, 0.717) is 17.2 Å². The summed E-state index contributed by atoms with van der Waals surface area (Å²) in [6, 6.07) is 15.4. The first-order valence-corrected chi connectivity index (χ1v) is 6.66. The molecule has 0 amide bonds. The van der Waals surface area contributed by atoms with Crippen LogP contribution in [0.4, 0.5) is 0 Å². The standard InChI is InChI=1S/C16H17ClO2/c1-12-5-7-13(8-6-12)16(9-10-18)19-15-4-2-3-14(17)11-15/h2-8,11,16,18H,9-10H2,1H3. The second-order valence-electron chi connectivity index (χ2n) is 4.49. The van der Waals surface area contributed by atoms with Crippen molar-refractivity contribution in [2.45, 2.75) is 19.4 Å². The Balaban J connectivity index is 2.18. The van der Waals surface area contributed by atoms with Crippen LogP contribution in [0.15, 0.2) is 48.5 Å². The predicted molar refractivity (Wildman–Crippen MR) is 77.7 cm³/mol. The summed E-state index contributed by atoms with van der Waals surface area (Å²) in [6.07, 6.45) is 0.388. The molecule has 3 heteroatoms. The molecule has 2 aromatic carbocycles. The fourth-order valence-electron chi connectivity index (χ4n) is 1.90. The first-order valence-electron chi connectivity index (χ1n) is 6.28. The summed E-state index contributed by atoms with van der Waals surface area (Å²) in [5.74, 6) is 0.714. The smallest absolute Gasteiger partial charge is 0.126 e. The van der Waals surface area contributed by atoms with Gasteiger partial charge >= 0.3 is 0 Å². The Hall–Kier alpha value is -1.51. The molecule has 0 aromatic heterocycles. The molecule has 0 heterocycles. The van der Waals surface area contributed by atoms with Crippen LogP contribution in [0.5, 0.6) is 5.75 Å². The van der Waals surface area contributed by atoms with Crippen LogP contribution in [0.2, 0.25) is 5.02 Å². The Morgan fingerprint density at radius 1 is 1.16 bits per heavy atom. The molecule has 0 fully saturated rings. The van der Waals surface area contributed by atoms with E-state index in [9.17, 15) is 5.11 Å². The van der Waals surface area contributed by atoms with Crippen molar-refractivity contribution in [2.24, 2.45) is 0 Å². The largest absolute Gasteiger partial charge is 0.486 e. The van der Waals surface area contributed by atoms with Crippen LogP contribution in [0, 0.1) is 6.92 Å². The van der Waals surface area contributed by atoms with E-state index in [1.807, 2.05) is 43.3 Å². The van der Waals surface area contributed by atoms with Crippen molar-refractivity contribution in [3.05, 3.63) is 64.7 Å². The van der Waals surface area contributed by atoms with Crippen molar-refractivity contribution >= 4 is 11.6 Å². The maximum Gasteiger partial charge on any atom is 0.126 e. The van der Waals surface area contributed by atoms with Crippen LogP contribution < -0.4 is 4.74 Å². The average molecular weight is 277 g/mol. The molecule has 2 rings (SSSR count).